The van der Waals surface area contributed by atoms with Crippen LogP contribution in [0, 0.1) is 0 Å². The Hall–Kier alpha value is -1.85. The molecule has 1 aliphatic heterocycles. The predicted molar refractivity (Wildman–Crippen MR) is 111 cm³/mol. The fraction of sp³-hybridized carbons (Fsp3) is 0.545. The van der Waals surface area contributed by atoms with E-state index in [4.69, 9.17) is 11.6 Å². The number of aromatic amines is 1. The number of amides is 1. The van der Waals surface area contributed by atoms with Crippen molar-refractivity contribution in [2.75, 3.05) is 13.1 Å². The SMILES string of the molecule is O=C(CCc1n[nH]c2c1CCCC2)NC1CCCN(Cc2ccc(Cl)cc2)C1. The second-order valence-electron chi connectivity index (χ2n) is 8.10. The Balaban J connectivity index is 1.25. The standard InChI is InChI=1S/C22H29ClN4O/c23-17-9-7-16(8-10-17)14-27-13-3-4-18(15-27)24-22(28)12-11-21-19-5-1-2-6-20(19)25-26-21/h7-10,18H,1-6,11-15H2,(H,24,28)(H,25,26). The van der Waals surface area contributed by atoms with Crippen molar-refractivity contribution in [2.45, 2.75) is 64.0 Å². The average molecular weight is 401 g/mol. The third-order valence-corrected chi connectivity index (χ3v) is 6.17. The highest BCUT2D eigenvalue weighted by atomic mass is 35.5. The summed E-state index contributed by atoms with van der Waals surface area (Å²) in [7, 11) is 0. The van der Waals surface area contributed by atoms with Gasteiger partial charge in [-0.25, -0.2) is 0 Å². The number of aromatic nitrogens is 2. The minimum Gasteiger partial charge on any atom is -0.352 e. The topological polar surface area (TPSA) is 61.0 Å². The molecule has 1 fully saturated rings. The first-order valence-corrected chi connectivity index (χ1v) is 10.9. The van der Waals surface area contributed by atoms with E-state index in [1.165, 1.54) is 29.7 Å². The van der Waals surface area contributed by atoms with Gasteiger partial charge in [0.1, 0.15) is 0 Å². The minimum absolute atomic E-state index is 0.144. The van der Waals surface area contributed by atoms with Gasteiger partial charge in [-0.1, -0.05) is 23.7 Å². The Kier molecular flexibility index (Phi) is 6.33. The highest BCUT2D eigenvalue weighted by Gasteiger charge is 2.22. The molecule has 0 saturated carbocycles. The molecule has 6 heteroatoms. The quantitative estimate of drug-likeness (QED) is 0.777. The predicted octanol–water partition coefficient (Wildman–Crippen LogP) is 3.66. The zero-order chi connectivity index (χ0) is 19.3. The van der Waals surface area contributed by atoms with Crippen LogP contribution in [-0.4, -0.2) is 40.1 Å². The molecule has 1 unspecified atom stereocenters. The number of piperidine rings is 1. The first-order chi connectivity index (χ1) is 13.7. The molecule has 0 bridgehead atoms. The molecular weight excluding hydrogens is 372 g/mol. The monoisotopic (exact) mass is 400 g/mol. The molecule has 0 spiro atoms. The fourth-order valence-electron chi connectivity index (χ4n) is 4.45. The third-order valence-electron chi connectivity index (χ3n) is 5.92. The molecule has 2 N–H and O–H groups in total. The van der Waals surface area contributed by atoms with Crippen LogP contribution >= 0.6 is 11.6 Å². The summed E-state index contributed by atoms with van der Waals surface area (Å²) in [6, 6.07) is 8.27. The molecule has 5 nitrogen and oxygen atoms in total. The van der Waals surface area contributed by atoms with Gasteiger partial charge in [-0.3, -0.25) is 14.8 Å². The zero-order valence-corrected chi connectivity index (χ0v) is 17.1. The maximum Gasteiger partial charge on any atom is 0.220 e. The number of aryl methyl sites for hydroxylation is 2. The van der Waals surface area contributed by atoms with E-state index in [2.05, 4.69) is 32.5 Å². The smallest absolute Gasteiger partial charge is 0.220 e. The first-order valence-electron chi connectivity index (χ1n) is 10.5. The van der Waals surface area contributed by atoms with E-state index in [9.17, 15) is 4.79 Å². The number of H-pyrrole nitrogens is 1. The van der Waals surface area contributed by atoms with Gasteiger partial charge in [0, 0.05) is 42.7 Å². The first kappa shape index (κ1) is 19.5. The van der Waals surface area contributed by atoms with Gasteiger partial charge in [0.25, 0.3) is 0 Å². The molecular formula is C22H29ClN4O. The Morgan fingerprint density at radius 2 is 2.04 bits per heavy atom. The van der Waals surface area contributed by atoms with Crippen molar-refractivity contribution in [3.8, 4) is 0 Å². The molecule has 1 saturated heterocycles. The summed E-state index contributed by atoms with van der Waals surface area (Å²) in [5, 5.41) is 11.6. The summed E-state index contributed by atoms with van der Waals surface area (Å²) in [6.45, 7) is 2.89. The second-order valence-corrected chi connectivity index (χ2v) is 8.54. The van der Waals surface area contributed by atoms with Crippen molar-refractivity contribution in [3.63, 3.8) is 0 Å². The van der Waals surface area contributed by atoms with E-state index in [0.29, 0.717) is 6.42 Å². The van der Waals surface area contributed by atoms with E-state index < -0.39 is 0 Å². The van der Waals surface area contributed by atoms with Crippen molar-refractivity contribution in [3.05, 3.63) is 51.8 Å². The lowest BCUT2D eigenvalue weighted by Gasteiger charge is -2.33. The summed E-state index contributed by atoms with van der Waals surface area (Å²) >= 11 is 5.97. The molecule has 1 aliphatic carbocycles. The molecule has 1 aromatic heterocycles. The van der Waals surface area contributed by atoms with Gasteiger partial charge in [-0.2, -0.15) is 5.10 Å². The summed E-state index contributed by atoms with van der Waals surface area (Å²) < 4.78 is 0. The van der Waals surface area contributed by atoms with Crippen LogP contribution < -0.4 is 5.32 Å². The number of fused-ring (bicyclic) bond motifs is 1. The number of nitrogens with zero attached hydrogens (tertiary/aromatic N) is 2. The lowest BCUT2D eigenvalue weighted by Crippen LogP contribution is -2.47. The number of benzene rings is 1. The highest BCUT2D eigenvalue weighted by Crippen LogP contribution is 2.23. The highest BCUT2D eigenvalue weighted by molar-refractivity contribution is 6.30. The number of likely N-dealkylation sites (tertiary alicyclic amines) is 1. The van der Waals surface area contributed by atoms with Crippen molar-refractivity contribution < 1.29 is 4.79 Å². The molecule has 2 aliphatic rings. The Morgan fingerprint density at radius 3 is 2.89 bits per heavy atom. The molecule has 1 amide bonds. The van der Waals surface area contributed by atoms with Crippen molar-refractivity contribution in [1.82, 2.24) is 20.4 Å². The second kappa shape index (κ2) is 9.10. The Labute approximate surface area is 171 Å². The van der Waals surface area contributed by atoms with E-state index in [1.54, 1.807) is 0 Å². The van der Waals surface area contributed by atoms with E-state index >= 15 is 0 Å². The van der Waals surface area contributed by atoms with Crippen LogP contribution in [0.1, 0.15) is 54.6 Å². The van der Waals surface area contributed by atoms with Gasteiger partial charge in [-0.05, 0) is 68.3 Å². The van der Waals surface area contributed by atoms with Gasteiger partial charge in [-0.15, -0.1) is 0 Å². The maximum atomic E-state index is 12.5. The summed E-state index contributed by atoms with van der Waals surface area (Å²) in [4.78, 5) is 14.9. The van der Waals surface area contributed by atoms with Crippen LogP contribution in [0.5, 0.6) is 0 Å². The minimum atomic E-state index is 0.144. The third kappa shape index (κ3) is 4.95. The Bertz CT molecular complexity index is 801. The molecule has 2 aromatic rings. The largest absolute Gasteiger partial charge is 0.352 e. The molecule has 2 heterocycles. The van der Waals surface area contributed by atoms with E-state index in [-0.39, 0.29) is 11.9 Å². The number of hydrogen-bond acceptors (Lipinski definition) is 3. The van der Waals surface area contributed by atoms with Gasteiger partial charge in [0.2, 0.25) is 5.91 Å². The number of hydrogen-bond donors (Lipinski definition) is 2. The van der Waals surface area contributed by atoms with E-state index in [0.717, 1.165) is 62.5 Å². The molecule has 4 rings (SSSR count). The average Bonchev–Trinajstić information content (AvgIpc) is 3.12. The Morgan fingerprint density at radius 1 is 1.21 bits per heavy atom. The number of carbonyl (C=O) groups excluding carboxylic acids is 1. The fourth-order valence-corrected chi connectivity index (χ4v) is 4.58. The number of halogens is 1. The van der Waals surface area contributed by atoms with Gasteiger partial charge >= 0.3 is 0 Å². The zero-order valence-electron chi connectivity index (χ0n) is 16.3. The number of carbonyl (C=O) groups is 1. The van der Waals surface area contributed by atoms with Crippen LogP contribution in [0.2, 0.25) is 5.02 Å². The molecule has 1 atom stereocenters. The normalized spacial score (nSPS) is 20.0. The molecule has 150 valence electrons. The van der Waals surface area contributed by atoms with E-state index in [1.807, 2.05) is 12.1 Å². The van der Waals surface area contributed by atoms with Crippen LogP contribution in [0.25, 0.3) is 0 Å². The number of rotatable bonds is 6. The number of nitrogens with one attached hydrogen (secondary N) is 2. The maximum absolute atomic E-state index is 12.5. The van der Waals surface area contributed by atoms with Gasteiger partial charge < -0.3 is 5.32 Å². The van der Waals surface area contributed by atoms with Crippen molar-refractivity contribution >= 4 is 17.5 Å². The summed E-state index contributed by atoms with van der Waals surface area (Å²) in [5.41, 5.74) is 5.01. The summed E-state index contributed by atoms with van der Waals surface area (Å²) in [6.07, 6.45) is 8.10. The molecule has 28 heavy (non-hydrogen) atoms. The summed E-state index contributed by atoms with van der Waals surface area (Å²) in [5.74, 6) is 0.144. The van der Waals surface area contributed by atoms with Crippen LogP contribution in [-0.2, 0) is 30.6 Å². The molecule has 0 radical (unpaired) electrons. The molecule has 1 aromatic carbocycles. The van der Waals surface area contributed by atoms with Crippen LogP contribution in [0.3, 0.4) is 0 Å². The van der Waals surface area contributed by atoms with Crippen LogP contribution in [0.4, 0.5) is 0 Å². The van der Waals surface area contributed by atoms with Crippen LogP contribution in [0.15, 0.2) is 24.3 Å². The lowest BCUT2D eigenvalue weighted by atomic mass is 9.94. The van der Waals surface area contributed by atoms with Gasteiger partial charge in [0.05, 0.1) is 5.69 Å². The lowest BCUT2D eigenvalue weighted by molar-refractivity contribution is -0.122. The van der Waals surface area contributed by atoms with Crippen molar-refractivity contribution in [1.29, 1.82) is 0 Å². The van der Waals surface area contributed by atoms with Gasteiger partial charge in [0.15, 0.2) is 0 Å². The van der Waals surface area contributed by atoms with Crippen molar-refractivity contribution in [2.24, 2.45) is 0 Å².